The molecule has 0 heterocycles. The molecule has 0 aromatic heterocycles. The van der Waals surface area contributed by atoms with Crippen LogP contribution in [0.5, 0.6) is 0 Å². The minimum atomic E-state index is 1.26. The molecular formula is C7H11. The van der Waals surface area contributed by atoms with Gasteiger partial charge in [0, 0.05) is 0 Å². The van der Waals surface area contributed by atoms with Crippen LogP contribution in [0.15, 0.2) is 24.3 Å². The van der Waals surface area contributed by atoms with E-state index in [1.54, 1.807) is 6.08 Å². The summed E-state index contributed by atoms with van der Waals surface area (Å²) in [6.07, 6.45) is 5.80. The minimum Gasteiger partial charge on any atom is -0.0991 e. The second kappa shape index (κ2) is 3.66. The van der Waals surface area contributed by atoms with Gasteiger partial charge in [0.15, 0.2) is 0 Å². The number of rotatable bonds is 2. The lowest BCUT2D eigenvalue weighted by Crippen LogP contribution is -1.66. The molecule has 0 bridgehead atoms. The molecule has 7 heavy (non-hydrogen) atoms. The number of hydrogen-bond acceptors (Lipinski definition) is 0. The molecule has 0 fully saturated rings. The monoisotopic (exact) mass is 95.1 g/mol. The van der Waals surface area contributed by atoms with Crippen molar-refractivity contribution in [2.24, 2.45) is 0 Å². The topological polar surface area (TPSA) is 0 Å². The van der Waals surface area contributed by atoms with Crippen molar-refractivity contribution in [3.8, 4) is 0 Å². The van der Waals surface area contributed by atoms with Crippen LogP contribution in [0.2, 0.25) is 0 Å². The zero-order valence-electron chi connectivity index (χ0n) is 4.94. The van der Waals surface area contributed by atoms with Crippen LogP contribution in [0.1, 0.15) is 13.8 Å². The Labute approximate surface area is 45.5 Å². The average molecular weight is 95.2 g/mol. The molecule has 0 nitrogen and oxygen atoms in total. The summed E-state index contributed by atoms with van der Waals surface area (Å²) >= 11 is 0. The molecule has 1 radical (unpaired) electrons. The van der Waals surface area contributed by atoms with Crippen LogP contribution < -0.4 is 0 Å². The standard InChI is InChI=1S/C7H11/c1-4-6-7(3)5-2/h4-6H,1H2,2-3H3/b7-6+. The van der Waals surface area contributed by atoms with Gasteiger partial charge in [-0.25, -0.2) is 0 Å². The van der Waals surface area contributed by atoms with Crippen LogP contribution in [-0.2, 0) is 0 Å². The maximum absolute atomic E-state index is 3.55. The highest BCUT2D eigenvalue weighted by atomic mass is 13.8. The van der Waals surface area contributed by atoms with Gasteiger partial charge >= 0.3 is 0 Å². The summed E-state index contributed by atoms with van der Waals surface area (Å²) in [6.45, 7) is 7.60. The first-order valence-electron chi connectivity index (χ1n) is 2.40. The minimum absolute atomic E-state index is 1.26. The largest absolute Gasteiger partial charge is 0.0991 e. The van der Waals surface area contributed by atoms with Gasteiger partial charge in [-0.2, -0.15) is 0 Å². The molecule has 0 atom stereocenters. The van der Waals surface area contributed by atoms with Crippen LogP contribution in [0.25, 0.3) is 0 Å². The summed E-state index contributed by atoms with van der Waals surface area (Å²) in [5, 5.41) is 0. The highest BCUT2D eigenvalue weighted by Crippen LogP contribution is 1.94. The molecule has 0 aromatic carbocycles. The van der Waals surface area contributed by atoms with Crippen LogP contribution in [0.3, 0.4) is 0 Å². The van der Waals surface area contributed by atoms with Crippen LogP contribution >= 0.6 is 0 Å². The molecule has 0 aromatic rings. The van der Waals surface area contributed by atoms with E-state index < -0.39 is 0 Å². The molecule has 0 unspecified atom stereocenters. The van der Waals surface area contributed by atoms with Crippen molar-refractivity contribution in [2.45, 2.75) is 13.8 Å². The second-order valence-electron chi connectivity index (χ2n) is 1.44. The van der Waals surface area contributed by atoms with Crippen molar-refractivity contribution in [2.75, 3.05) is 0 Å². The summed E-state index contributed by atoms with van der Waals surface area (Å²) in [6, 6.07) is 0. The third kappa shape index (κ3) is 3.31. The Bertz CT molecular complexity index is 78.0. The second-order valence-corrected chi connectivity index (χ2v) is 1.44. The lowest BCUT2D eigenvalue weighted by Gasteiger charge is -1.85. The molecule has 0 aliphatic heterocycles. The summed E-state index contributed by atoms with van der Waals surface area (Å²) in [5.74, 6) is 0. The molecule has 39 valence electrons. The van der Waals surface area contributed by atoms with Crippen molar-refractivity contribution >= 4 is 0 Å². The summed E-state index contributed by atoms with van der Waals surface area (Å²) in [4.78, 5) is 0. The Morgan fingerprint density at radius 3 is 2.29 bits per heavy atom. The van der Waals surface area contributed by atoms with Gasteiger partial charge in [-0.15, -0.1) is 0 Å². The molecule has 0 aliphatic rings. The van der Waals surface area contributed by atoms with Gasteiger partial charge in [-0.05, 0) is 13.3 Å². The predicted octanol–water partition coefficient (Wildman–Crippen LogP) is 2.34. The molecule has 0 N–H and O–H groups in total. The van der Waals surface area contributed by atoms with Gasteiger partial charge in [0.2, 0.25) is 0 Å². The Hall–Kier alpha value is -0.520. The van der Waals surface area contributed by atoms with Crippen molar-refractivity contribution in [3.63, 3.8) is 0 Å². The molecule has 0 spiro atoms. The lowest BCUT2D eigenvalue weighted by molar-refractivity contribution is 1.36. The summed E-state index contributed by atoms with van der Waals surface area (Å²) < 4.78 is 0. The van der Waals surface area contributed by atoms with Crippen molar-refractivity contribution in [1.29, 1.82) is 0 Å². The molecule has 0 saturated carbocycles. The van der Waals surface area contributed by atoms with Gasteiger partial charge in [0.05, 0.1) is 0 Å². The van der Waals surface area contributed by atoms with Crippen molar-refractivity contribution in [1.82, 2.24) is 0 Å². The fourth-order valence-electron chi connectivity index (χ4n) is 0.282. The Morgan fingerprint density at radius 1 is 1.57 bits per heavy atom. The fourth-order valence-corrected chi connectivity index (χ4v) is 0.282. The van der Waals surface area contributed by atoms with Gasteiger partial charge in [0.1, 0.15) is 0 Å². The number of allylic oxidation sites excluding steroid dienone is 3. The summed E-state index contributed by atoms with van der Waals surface area (Å²) in [7, 11) is 0. The quantitative estimate of drug-likeness (QED) is 0.462. The molecule has 0 amide bonds. The number of hydrogen-bond donors (Lipinski definition) is 0. The highest BCUT2D eigenvalue weighted by Gasteiger charge is 1.75. The fraction of sp³-hybridized carbons (Fsp3) is 0.286. The zero-order valence-corrected chi connectivity index (χ0v) is 4.94. The Kier molecular flexibility index (Phi) is 3.39. The maximum Gasteiger partial charge on any atom is -0.0168 e. The van der Waals surface area contributed by atoms with Crippen molar-refractivity contribution in [3.05, 3.63) is 30.7 Å². The maximum atomic E-state index is 3.55. The average Bonchev–Trinajstić information content (AvgIpc) is 1.68. The van der Waals surface area contributed by atoms with Gasteiger partial charge in [-0.3, -0.25) is 0 Å². The van der Waals surface area contributed by atoms with E-state index >= 15 is 0 Å². The molecule has 0 aliphatic carbocycles. The van der Waals surface area contributed by atoms with Gasteiger partial charge in [0.25, 0.3) is 0 Å². The Morgan fingerprint density at radius 2 is 2.14 bits per heavy atom. The Balaban J connectivity index is 3.49. The van der Waals surface area contributed by atoms with E-state index in [9.17, 15) is 0 Å². The van der Waals surface area contributed by atoms with E-state index in [4.69, 9.17) is 0 Å². The van der Waals surface area contributed by atoms with E-state index in [1.807, 2.05) is 26.3 Å². The molecular weight excluding hydrogens is 84.1 g/mol. The van der Waals surface area contributed by atoms with E-state index in [1.165, 1.54) is 5.57 Å². The van der Waals surface area contributed by atoms with Crippen molar-refractivity contribution < 1.29 is 0 Å². The third-order valence-electron chi connectivity index (χ3n) is 0.836. The van der Waals surface area contributed by atoms with E-state index in [0.717, 1.165) is 0 Å². The first kappa shape index (κ1) is 6.48. The zero-order chi connectivity index (χ0) is 5.70. The molecule has 0 heteroatoms. The lowest BCUT2D eigenvalue weighted by atomic mass is 10.2. The van der Waals surface area contributed by atoms with Crippen LogP contribution in [0.4, 0.5) is 0 Å². The highest BCUT2D eigenvalue weighted by molar-refractivity contribution is 5.14. The predicted molar refractivity (Wildman–Crippen MR) is 33.9 cm³/mol. The van der Waals surface area contributed by atoms with E-state index in [2.05, 4.69) is 6.58 Å². The molecule has 0 saturated heterocycles. The van der Waals surface area contributed by atoms with Gasteiger partial charge in [-0.1, -0.05) is 31.2 Å². The van der Waals surface area contributed by atoms with Gasteiger partial charge < -0.3 is 0 Å². The first-order valence-corrected chi connectivity index (χ1v) is 2.40. The molecule has 0 rings (SSSR count). The summed E-state index contributed by atoms with van der Waals surface area (Å²) in [5.41, 5.74) is 1.26. The first-order chi connectivity index (χ1) is 3.31. The normalized spacial score (nSPS) is 11.4. The third-order valence-corrected chi connectivity index (χ3v) is 0.836. The van der Waals surface area contributed by atoms with E-state index in [0.29, 0.717) is 0 Å². The van der Waals surface area contributed by atoms with E-state index in [-0.39, 0.29) is 0 Å². The van der Waals surface area contributed by atoms with Crippen LogP contribution in [0, 0.1) is 6.42 Å². The SMILES string of the molecule is C=C/C=C(\C)[CH]C. The smallest absolute Gasteiger partial charge is 0.0168 e. The van der Waals surface area contributed by atoms with Crippen LogP contribution in [-0.4, -0.2) is 0 Å².